The SMILES string of the molecule is O=S(=O)(C1=CCC(O)C=C1)C1C=CC(O)CC1. The predicted molar refractivity (Wildman–Crippen MR) is 64.9 cm³/mol. The highest BCUT2D eigenvalue weighted by atomic mass is 32.2. The van der Waals surface area contributed by atoms with E-state index in [1.807, 2.05) is 0 Å². The van der Waals surface area contributed by atoms with Gasteiger partial charge < -0.3 is 10.2 Å². The molecule has 0 heterocycles. The van der Waals surface area contributed by atoms with Crippen molar-refractivity contribution in [3.63, 3.8) is 0 Å². The van der Waals surface area contributed by atoms with Gasteiger partial charge in [-0.3, -0.25) is 0 Å². The summed E-state index contributed by atoms with van der Waals surface area (Å²) in [5.74, 6) is 0. The van der Waals surface area contributed by atoms with Gasteiger partial charge in [-0.15, -0.1) is 0 Å². The average Bonchev–Trinajstić information content (AvgIpc) is 2.30. The van der Waals surface area contributed by atoms with Crippen molar-refractivity contribution in [1.29, 1.82) is 0 Å². The summed E-state index contributed by atoms with van der Waals surface area (Å²) >= 11 is 0. The van der Waals surface area contributed by atoms with E-state index in [0.29, 0.717) is 19.3 Å². The summed E-state index contributed by atoms with van der Waals surface area (Å²) in [5.41, 5.74) is 0. The molecule has 3 unspecified atom stereocenters. The molecule has 0 radical (unpaired) electrons. The van der Waals surface area contributed by atoms with Gasteiger partial charge in [-0.05, 0) is 25.3 Å². The number of rotatable bonds is 2. The second-order valence-electron chi connectivity index (χ2n) is 4.38. The lowest BCUT2D eigenvalue weighted by atomic mass is 10.1. The van der Waals surface area contributed by atoms with Gasteiger partial charge in [0.05, 0.1) is 22.4 Å². The number of allylic oxidation sites excluding steroid dienone is 1. The Morgan fingerprint density at radius 1 is 1.06 bits per heavy atom. The van der Waals surface area contributed by atoms with Crippen molar-refractivity contribution in [2.24, 2.45) is 0 Å². The minimum absolute atomic E-state index is 0.272. The van der Waals surface area contributed by atoms with Crippen LogP contribution in [0.3, 0.4) is 0 Å². The highest BCUT2D eigenvalue weighted by molar-refractivity contribution is 7.96. The largest absolute Gasteiger partial charge is 0.389 e. The summed E-state index contributed by atoms with van der Waals surface area (Å²) in [7, 11) is -3.37. The zero-order chi connectivity index (χ0) is 12.5. The first kappa shape index (κ1) is 12.5. The van der Waals surface area contributed by atoms with Crippen molar-refractivity contribution in [3.05, 3.63) is 35.3 Å². The van der Waals surface area contributed by atoms with Gasteiger partial charge in [0.25, 0.3) is 0 Å². The molecule has 0 saturated carbocycles. The van der Waals surface area contributed by atoms with Crippen LogP contribution in [-0.4, -0.2) is 36.1 Å². The van der Waals surface area contributed by atoms with Crippen LogP contribution >= 0.6 is 0 Å². The van der Waals surface area contributed by atoms with Gasteiger partial charge in [-0.1, -0.05) is 24.3 Å². The summed E-state index contributed by atoms with van der Waals surface area (Å²) < 4.78 is 24.4. The van der Waals surface area contributed by atoms with Crippen LogP contribution in [-0.2, 0) is 9.84 Å². The van der Waals surface area contributed by atoms with Crippen molar-refractivity contribution >= 4 is 9.84 Å². The van der Waals surface area contributed by atoms with Gasteiger partial charge in [-0.2, -0.15) is 0 Å². The third kappa shape index (κ3) is 2.68. The normalized spacial score (nSPS) is 33.5. The molecule has 2 aliphatic rings. The number of aliphatic hydroxyl groups is 2. The Kier molecular flexibility index (Phi) is 3.51. The number of hydrogen-bond donors (Lipinski definition) is 2. The fourth-order valence-electron chi connectivity index (χ4n) is 2.01. The molecule has 0 bridgehead atoms. The molecule has 0 amide bonds. The Bertz CT molecular complexity index is 473. The van der Waals surface area contributed by atoms with Crippen molar-refractivity contribution < 1.29 is 18.6 Å². The Balaban J connectivity index is 2.20. The van der Waals surface area contributed by atoms with E-state index in [1.54, 1.807) is 12.2 Å². The highest BCUT2D eigenvalue weighted by Gasteiger charge is 2.29. The van der Waals surface area contributed by atoms with Gasteiger partial charge in [0, 0.05) is 0 Å². The van der Waals surface area contributed by atoms with Crippen LogP contribution in [0.25, 0.3) is 0 Å². The van der Waals surface area contributed by atoms with Crippen LogP contribution in [0.5, 0.6) is 0 Å². The monoisotopic (exact) mass is 256 g/mol. The van der Waals surface area contributed by atoms with E-state index in [2.05, 4.69) is 0 Å². The second-order valence-corrected chi connectivity index (χ2v) is 6.55. The van der Waals surface area contributed by atoms with Crippen LogP contribution in [0.4, 0.5) is 0 Å². The van der Waals surface area contributed by atoms with Gasteiger partial charge in [0.2, 0.25) is 0 Å². The zero-order valence-electron chi connectivity index (χ0n) is 9.36. The van der Waals surface area contributed by atoms with E-state index in [0.717, 1.165) is 0 Å². The van der Waals surface area contributed by atoms with Crippen LogP contribution in [0.2, 0.25) is 0 Å². The van der Waals surface area contributed by atoms with Gasteiger partial charge in [0.1, 0.15) is 0 Å². The fourth-order valence-corrected chi connectivity index (χ4v) is 3.70. The van der Waals surface area contributed by atoms with Crippen molar-refractivity contribution in [3.8, 4) is 0 Å². The van der Waals surface area contributed by atoms with Gasteiger partial charge in [0.15, 0.2) is 9.84 Å². The maximum Gasteiger partial charge on any atom is 0.184 e. The molecule has 0 aliphatic heterocycles. The van der Waals surface area contributed by atoms with E-state index in [9.17, 15) is 18.6 Å². The topological polar surface area (TPSA) is 74.6 Å². The molecular weight excluding hydrogens is 240 g/mol. The lowest BCUT2D eigenvalue weighted by Crippen LogP contribution is -2.26. The molecular formula is C12H16O4S. The van der Waals surface area contributed by atoms with E-state index in [-0.39, 0.29) is 4.91 Å². The third-order valence-electron chi connectivity index (χ3n) is 3.07. The molecule has 0 spiro atoms. The molecule has 94 valence electrons. The first-order valence-electron chi connectivity index (χ1n) is 5.67. The molecule has 2 N–H and O–H groups in total. The molecule has 0 aromatic heterocycles. The summed E-state index contributed by atoms with van der Waals surface area (Å²) in [6.07, 6.45) is 7.74. The van der Waals surface area contributed by atoms with E-state index in [1.165, 1.54) is 18.2 Å². The second kappa shape index (κ2) is 4.76. The number of aliphatic hydroxyl groups excluding tert-OH is 2. The zero-order valence-corrected chi connectivity index (χ0v) is 10.2. The quantitative estimate of drug-likeness (QED) is 0.713. The van der Waals surface area contributed by atoms with Crippen LogP contribution < -0.4 is 0 Å². The Morgan fingerprint density at radius 3 is 2.35 bits per heavy atom. The number of hydrogen-bond acceptors (Lipinski definition) is 4. The molecule has 0 fully saturated rings. The minimum Gasteiger partial charge on any atom is -0.389 e. The summed E-state index contributed by atoms with van der Waals surface area (Å²) in [6, 6.07) is 0. The van der Waals surface area contributed by atoms with Gasteiger partial charge >= 0.3 is 0 Å². The Hall–Kier alpha value is -0.910. The summed E-state index contributed by atoms with van der Waals surface area (Å²) in [4.78, 5) is 0.272. The standard InChI is InChI=1S/C12H16O4S/c13-9-1-5-11(6-2-9)17(15,16)12-7-3-10(14)4-8-12/h1,3,5-7,9-10,12-14H,2,4,8H2. The Labute approximate surface area is 101 Å². The molecule has 3 atom stereocenters. The highest BCUT2D eigenvalue weighted by Crippen LogP contribution is 2.26. The van der Waals surface area contributed by atoms with Crippen molar-refractivity contribution in [2.75, 3.05) is 0 Å². The van der Waals surface area contributed by atoms with E-state index < -0.39 is 27.3 Å². The lowest BCUT2D eigenvalue weighted by Gasteiger charge is -2.21. The molecule has 4 nitrogen and oxygen atoms in total. The minimum atomic E-state index is -3.37. The van der Waals surface area contributed by atoms with Crippen LogP contribution in [0.15, 0.2) is 35.3 Å². The van der Waals surface area contributed by atoms with Gasteiger partial charge in [-0.25, -0.2) is 8.42 Å². The molecule has 0 aromatic carbocycles. The smallest absolute Gasteiger partial charge is 0.184 e. The van der Waals surface area contributed by atoms with E-state index >= 15 is 0 Å². The summed E-state index contributed by atoms with van der Waals surface area (Å²) in [6.45, 7) is 0. The lowest BCUT2D eigenvalue weighted by molar-refractivity contribution is 0.205. The molecule has 2 rings (SSSR count). The van der Waals surface area contributed by atoms with Crippen LogP contribution in [0.1, 0.15) is 19.3 Å². The predicted octanol–water partition coefficient (Wildman–Crippen LogP) is 0.685. The summed E-state index contributed by atoms with van der Waals surface area (Å²) in [5, 5.41) is 18.0. The average molecular weight is 256 g/mol. The first-order valence-corrected chi connectivity index (χ1v) is 7.21. The van der Waals surface area contributed by atoms with Crippen LogP contribution in [0, 0.1) is 0 Å². The maximum absolute atomic E-state index is 12.2. The molecule has 5 heteroatoms. The van der Waals surface area contributed by atoms with Crippen molar-refractivity contribution in [1.82, 2.24) is 0 Å². The third-order valence-corrected chi connectivity index (χ3v) is 5.21. The fraction of sp³-hybridized carbons (Fsp3) is 0.500. The van der Waals surface area contributed by atoms with Crippen molar-refractivity contribution in [2.45, 2.75) is 36.7 Å². The maximum atomic E-state index is 12.2. The first-order chi connectivity index (χ1) is 8.00. The van der Waals surface area contributed by atoms with E-state index in [4.69, 9.17) is 0 Å². The molecule has 0 aromatic rings. The molecule has 2 aliphatic carbocycles. The Morgan fingerprint density at radius 2 is 1.82 bits per heavy atom. The molecule has 0 saturated heterocycles. The molecule has 17 heavy (non-hydrogen) atoms. The number of sulfone groups is 1.